The van der Waals surface area contributed by atoms with E-state index in [2.05, 4.69) is 10.1 Å². The summed E-state index contributed by atoms with van der Waals surface area (Å²) in [6.45, 7) is 7.61. The van der Waals surface area contributed by atoms with Gasteiger partial charge in [0.05, 0.1) is 11.3 Å². The van der Waals surface area contributed by atoms with Crippen LogP contribution in [0.5, 0.6) is 0 Å². The summed E-state index contributed by atoms with van der Waals surface area (Å²) in [6, 6.07) is 11.0. The first-order chi connectivity index (χ1) is 15.2. The highest BCUT2D eigenvalue weighted by Gasteiger charge is 2.88. The minimum absolute atomic E-state index is 0.376. The molecule has 9 nitrogen and oxygen atoms in total. The number of aryl methyl sites for hydroxylation is 1. The number of hydrogen-bond donors (Lipinski definition) is 1. The Bertz CT molecular complexity index is 1260. The van der Waals surface area contributed by atoms with Crippen LogP contribution in [0.3, 0.4) is 0 Å². The smallest absolute Gasteiger partial charge is 0.338 e. The number of carbonyl (C=O) groups excluding carboxylic acids is 1. The molecule has 0 bridgehead atoms. The third-order valence-electron chi connectivity index (χ3n) is 6.67. The van der Waals surface area contributed by atoms with Gasteiger partial charge in [0.1, 0.15) is 29.7 Å². The number of benzene rings is 1. The normalized spacial score (nSPS) is 34.3. The van der Waals surface area contributed by atoms with Crippen molar-refractivity contribution in [2.45, 2.75) is 63.0 Å². The number of rotatable bonds is 3. The number of nitrogens with zero attached hydrogens (tertiary/aromatic N) is 3. The van der Waals surface area contributed by atoms with E-state index in [1.807, 2.05) is 52.0 Å². The quantitative estimate of drug-likeness (QED) is 0.623. The molecule has 2 saturated heterocycles. The van der Waals surface area contributed by atoms with E-state index in [0.717, 1.165) is 11.3 Å². The van der Waals surface area contributed by atoms with Crippen LogP contribution in [0.15, 0.2) is 42.7 Å². The maximum atomic E-state index is 12.8. The predicted octanol–water partition coefficient (Wildman–Crippen LogP) is 2.36. The highest BCUT2D eigenvalue weighted by atomic mass is 16.8. The zero-order valence-electron chi connectivity index (χ0n) is 18.2. The summed E-state index contributed by atoms with van der Waals surface area (Å²) in [5, 5.41) is 4.36. The van der Waals surface area contributed by atoms with Gasteiger partial charge < -0.3 is 24.7 Å². The number of esters is 1. The Kier molecular flexibility index (Phi) is 3.72. The van der Waals surface area contributed by atoms with Gasteiger partial charge in [-0.3, -0.25) is 0 Å². The van der Waals surface area contributed by atoms with E-state index in [9.17, 15) is 4.79 Å². The van der Waals surface area contributed by atoms with Gasteiger partial charge in [0.2, 0.25) is 0 Å². The molecular formula is C23H24N4O5. The maximum absolute atomic E-state index is 12.8. The predicted molar refractivity (Wildman–Crippen MR) is 113 cm³/mol. The van der Waals surface area contributed by atoms with Crippen molar-refractivity contribution in [3.05, 3.63) is 59.5 Å². The number of fused-ring (bicyclic) bond motifs is 1. The highest BCUT2D eigenvalue weighted by molar-refractivity contribution is 5.90. The lowest BCUT2D eigenvalue weighted by Gasteiger charge is -2.33. The third-order valence-corrected chi connectivity index (χ3v) is 6.67. The lowest BCUT2D eigenvalue weighted by atomic mass is 9.91. The average Bonchev–Trinajstić information content (AvgIpc) is 3.09. The minimum Gasteiger partial charge on any atom is -0.453 e. The van der Waals surface area contributed by atoms with Crippen molar-refractivity contribution >= 4 is 17.3 Å². The van der Waals surface area contributed by atoms with Crippen molar-refractivity contribution in [1.29, 1.82) is 0 Å². The second-order valence-electron chi connectivity index (χ2n) is 9.35. The van der Waals surface area contributed by atoms with Crippen molar-refractivity contribution in [2.24, 2.45) is 0 Å². The third kappa shape index (κ3) is 2.47. The van der Waals surface area contributed by atoms with Crippen molar-refractivity contribution in [2.75, 3.05) is 5.73 Å². The van der Waals surface area contributed by atoms with Gasteiger partial charge in [-0.1, -0.05) is 17.7 Å². The first-order valence-corrected chi connectivity index (χ1v) is 10.6. The van der Waals surface area contributed by atoms with Crippen molar-refractivity contribution in [3.8, 4) is 0 Å². The molecule has 4 heterocycles. The van der Waals surface area contributed by atoms with Crippen LogP contribution in [0.2, 0.25) is 0 Å². The van der Waals surface area contributed by atoms with Gasteiger partial charge in [-0.15, -0.1) is 0 Å². The number of aromatic nitrogens is 3. The van der Waals surface area contributed by atoms with E-state index in [1.165, 1.54) is 6.33 Å². The highest BCUT2D eigenvalue weighted by Crippen LogP contribution is 2.67. The molecule has 3 aromatic rings. The van der Waals surface area contributed by atoms with E-state index >= 15 is 0 Å². The molecule has 3 aliphatic rings. The second-order valence-corrected chi connectivity index (χ2v) is 9.35. The Hall–Kier alpha value is -3.01. The Balaban J connectivity index is 1.35. The van der Waals surface area contributed by atoms with Gasteiger partial charge in [0.25, 0.3) is 0 Å². The molecule has 0 amide bonds. The van der Waals surface area contributed by atoms with Crippen molar-refractivity contribution in [1.82, 2.24) is 14.6 Å². The molecule has 2 aliphatic heterocycles. The molecule has 2 N–H and O–H groups in total. The van der Waals surface area contributed by atoms with Crippen LogP contribution >= 0.6 is 0 Å². The van der Waals surface area contributed by atoms with Crippen LogP contribution in [0.25, 0.3) is 5.52 Å². The molecule has 166 valence electrons. The SMILES string of the molecule is Cc1ccc(C(=O)OC2[C@H]3O[C@@](C)(c4ccc5c(N)ncnn45)[C@@H]4OC(C)(C)O[C@]234)cc1. The first kappa shape index (κ1) is 19.7. The molecule has 5 atom stereocenters. The lowest BCUT2D eigenvalue weighted by Crippen LogP contribution is -2.45. The van der Waals surface area contributed by atoms with Gasteiger partial charge in [-0.2, -0.15) is 5.10 Å². The Labute approximate surface area is 184 Å². The summed E-state index contributed by atoms with van der Waals surface area (Å²) >= 11 is 0. The molecule has 0 radical (unpaired) electrons. The fraction of sp³-hybridized carbons (Fsp3) is 0.435. The van der Waals surface area contributed by atoms with Crippen LogP contribution in [0.1, 0.15) is 42.4 Å². The minimum atomic E-state index is -0.890. The van der Waals surface area contributed by atoms with Crippen molar-refractivity contribution < 1.29 is 23.7 Å². The number of anilines is 1. The Morgan fingerprint density at radius 3 is 2.62 bits per heavy atom. The number of ether oxygens (including phenoxy) is 4. The van der Waals surface area contributed by atoms with E-state index in [0.29, 0.717) is 16.9 Å². The molecule has 2 aromatic heterocycles. The van der Waals surface area contributed by atoms with Gasteiger partial charge in [-0.25, -0.2) is 14.3 Å². The summed E-state index contributed by atoms with van der Waals surface area (Å²) in [5.74, 6) is -0.897. The number of nitrogens with two attached hydrogens (primary N) is 1. The molecule has 3 fully saturated rings. The second kappa shape index (κ2) is 6.06. The molecule has 1 aliphatic carbocycles. The van der Waals surface area contributed by atoms with E-state index < -0.39 is 41.3 Å². The summed E-state index contributed by atoms with van der Waals surface area (Å²) in [6.07, 6.45) is -0.136. The van der Waals surface area contributed by atoms with Crippen LogP contribution in [0.4, 0.5) is 5.82 Å². The first-order valence-electron chi connectivity index (χ1n) is 10.6. The van der Waals surface area contributed by atoms with Gasteiger partial charge >= 0.3 is 5.97 Å². The van der Waals surface area contributed by atoms with Crippen LogP contribution in [-0.4, -0.2) is 50.3 Å². The molecular weight excluding hydrogens is 412 g/mol. The van der Waals surface area contributed by atoms with E-state index in [4.69, 9.17) is 24.7 Å². The fourth-order valence-electron chi connectivity index (χ4n) is 5.19. The summed E-state index contributed by atoms with van der Waals surface area (Å²) < 4.78 is 26.7. The van der Waals surface area contributed by atoms with Crippen molar-refractivity contribution in [3.63, 3.8) is 0 Å². The standard InChI is InChI=1S/C23H24N4O5/c1-12-5-7-13(8-6-12)19(28)29-16-17-23(16)20(31-21(2,3)32-23)22(4,30-17)15-10-9-14-18(24)25-11-26-27(14)15/h5-11,16-17,20H,1-4H3,(H2,24,25,26)/t16?,17-,20+,22+,23-/m1/s1. The number of hydrogen-bond acceptors (Lipinski definition) is 8. The van der Waals surface area contributed by atoms with E-state index in [1.54, 1.807) is 16.6 Å². The molecule has 1 spiro atoms. The summed E-state index contributed by atoms with van der Waals surface area (Å²) in [7, 11) is 0. The average molecular weight is 436 g/mol. The topological polar surface area (TPSA) is 110 Å². The molecule has 6 rings (SSSR count). The fourth-order valence-corrected chi connectivity index (χ4v) is 5.19. The number of nitrogen functional groups attached to an aromatic ring is 1. The molecule has 9 heteroatoms. The lowest BCUT2D eigenvalue weighted by molar-refractivity contribution is -0.196. The van der Waals surface area contributed by atoms with Crippen LogP contribution in [0, 0.1) is 6.92 Å². The number of carbonyl (C=O) groups is 1. The van der Waals surface area contributed by atoms with E-state index in [-0.39, 0.29) is 0 Å². The summed E-state index contributed by atoms with van der Waals surface area (Å²) in [4.78, 5) is 16.8. The molecule has 1 aromatic carbocycles. The zero-order valence-corrected chi connectivity index (χ0v) is 18.2. The largest absolute Gasteiger partial charge is 0.453 e. The molecule has 1 unspecified atom stereocenters. The monoisotopic (exact) mass is 436 g/mol. The Morgan fingerprint density at radius 2 is 1.88 bits per heavy atom. The van der Waals surface area contributed by atoms with Crippen LogP contribution in [-0.2, 0) is 24.5 Å². The van der Waals surface area contributed by atoms with Gasteiger partial charge in [0, 0.05) is 0 Å². The zero-order chi connectivity index (χ0) is 22.5. The summed E-state index contributed by atoms with van der Waals surface area (Å²) in [5.41, 5.74) is 7.24. The maximum Gasteiger partial charge on any atom is 0.338 e. The van der Waals surface area contributed by atoms with Crippen LogP contribution < -0.4 is 5.73 Å². The van der Waals surface area contributed by atoms with Gasteiger partial charge in [-0.05, 0) is 52.0 Å². The molecule has 32 heavy (non-hydrogen) atoms. The van der Waals surface area contributed by atoms with Gasteiger partial charge in [0.15, 0.2) is 23.3 Å². The Morgan fingerprint density at radius 1 is 1.12 bits per heavy atom. The molecule has 1 saturated carbocycles.